The highest BCUT2D eigenvalue weighted by Crippen LogP contribution is 2.36. The molecule has 1 heterocycles. The first-order valence-electron chi connectivity index (χ1n) is 8.37. The van der Waals surface area contributed by atoms with Crippen molar-refractivity contribution in [1.29, 1.82) is 5.26 Å². The molecule has 0 aliphatic rings. The zero-order valence-corrected chi connectivity index (χ0v) is 19.4. The number of aromatic nitrogens is 1. The molecule has 154 valence electrons. The van der Waals surface area contributed by atoms with Gasteiger partial charge in [0, 0.05) is 10.7 Å². The van der Waals surface area contributed by atoms with Gasteiger partial charge in [0.05, 0.1) is 24.4 Å². The Morgan fingerprint density at radius 1 is 1.23 bits per heavy atom. The molecule has 1 aromatic heterocycles. The Hall–Kier alpha value is -2.45. The van der Waals surface area contributed by atoms with Gasteiger partial charge in [0.1, 0.15) is 3.79 Å². The fourth-order valence-electron chi connectivity index (χ4n) is 2.52. The number of hydrogen-bond acceptors (Lipinski definition) is 7. The highest BCUT2D eigenvalue weighted by atomic mass is 79.9. The molecule has 0 bridgehead atoms. The molecule has 0 spiro atoms. The highest BCUT2D eigenvalue weighted by Gasteiger charge is 2.23. The van der Waals surface area contributed by atoms with Crippen LogP contribution >= 0.6 is 38.9 Å². The minimum Gasteiger partial charge on any atom is -0.313 e. The third-order valence-electron chi connectivity index (χ3n) is 3.86. The summed E-state index contributed by atoms with van der Waals surface area (Å²) >= 11 is 10.5. The normalized spacial score (nSPS) is 11.0. The quantitative estimate of drug-likeness (QED) is 0.510. The standard InChI is InChI=1S/C19H14BrClN4O3S2/c1-30(27,28)24-18(26)16-17(20)29-19(23-16)25(11-13-2-6-14(21)7-3-13)15-8-4-12(10-22)5-9-15/h2-9H,11H2,1H3,(H,24,26). The molecule has 2 aromatic carbocycles. The van der Waals surface area contributed by atoms with Gasteiger partial charge >= 0.3 is 0 Å². The third kappa shape index (κ3) is 5.58. The number of carbonyl (C=O) groups is 1. The van der Waals surface area contributed by atoms with Gasteiger partial charge in [0.15, 0.2) is 10.8 Å². The summed E-state index contributed by atoms with van der Waals surface area (Å²) in [4.78, 5) is 18.5. The molecule has 0 aliphatic heterocycles. The van der Waals surface area contributed by atoms with E-state index in [9.17, 15) is 13.2 Å². The number of nitrogens with one attached hydrogen (secondary N) is 1. The first-order chi connectivity index (χ1) is 14.2. The fraction of sp³-hybridized carbons (Fsp3) is 0.105. The lowest BCUT2D eigenvalue weighted by molar-refractivity contribution is 0.0977. The molecular formula is C19H14BrClN4O3S2. The first kappa shape index (κ1) is 22.2. The van der Waals surface area contributed by atoms with E-state index in [1.54, 1.807) is 36.4 Å². The van der Waals surface area contributed by atoms with Crippen LogP contribution in [0.2, 0.25) is 5.02 Å². The van der Waals surface area contributed by atoms with E-state index in [0.717, 1.165) is 17.5 Å². The number of thiazole rings is 1. The number of nitrogens with zero attached hydrogens (tertiary/aromatic N) is 3. The van der Waals surface area contributed by atoms with Crippen molar-refractivity contribution in [2.24, 2.45) is 0 Å². The molecule has 3 aromatic rings. The molecule has 0 aliphatic carbocycles. The summed E-state index contributed by atoms with van der Waals surface area (Å²) in [6, 6.07) is 16.3. The van der Waals surface area contributed by atoms with Crippen molar-refractivity contribution >= 4 is 65.6 Å². The fourth-order valence-corrected chi connectivity index (χ4v) is 4.60. The number of hydrogen-bond donors (Lipinski definition) is 1. The van der Waals surface area contributed by atoms with Gasteiger partial charge in [-0.15, -0.1) is 0 Å². The van der Waals surface area contributed by atoms with Crippen LogP contribution in [-0.4, -0.2) is 25.6 Å². The Kier molecular flexibility index (Phi) is 6.77. The van der Waals surface area contributed by atoms with Crippen molar-refractivity contribution in [3.05, 3.63) is 74.2 Å². The lowest BCUT2D eigenvalue weighted by atomic mass is 10.2. The number of nitriles is 1. The van der Waals surface area contributed by atoms with E-state index in [1.165, 1.54) is 11.3 Å². The van der Waals surface area contributed by atoms with Gasteiger partial charge in [-0.1, -0.05) is 35.1 Å². The Morgan fingerprint density at radius 3 is 2.43 bits per heavy atom. The van der Waals surface area contributed by atoms with Crippen molar-refractivity contribution in [2.45, 2.75) is 6.54 Å². The number of anilines is 2. The molecule has 0 fully saturated rings. The second-order valence-electron chi connectivity index (χ2n) is 6.19. The van der Waals surface area contributed by atoms with Crippen LogP contribution in [0, 0.1) is 11.3 Å². The van der Waals surface area contributed by atoms with Gasteiger partial charge in [-0.25, -0.2) is 18.1 Å². The highest BCUT2D eigenvalue weighted by molar-refractivity contribution is 9.11. The second-order valence-corrected chi connectivity index (χ2v) is 10.7. The van der Waals surface area contributed by atoms with E-state index in [1.807, 2.05) is 21.8 Å². The van der Waals surface area contributed by atoms with E-state index in [4.69, 9.17) is 16.9 Å². The summed E-state index contributed by atoms with van der Waals surface area (Å²) in [7, 11) is -3.72. The minimum absolute atomic E-state index is 0.0322. The molecule has 30 heavy (non-hydrogen) atoms. The van der Waals surface area contributed by atoms with Crippen LogP contribution < -0.4 is 9.62 Å². The van der Waals surface area contributed by atoms with Gasteiger partial charge in [0.2, 0.25) is 10.0 Å². The third-order valence-corrected chi connectivity index (χ3v) is 6.40. The zero-order chi connectivity index (χ0) is 21.9. The lowest BCUT2D eigenvalue weighted by Gasteiger charge is -2.22. The summed E-state index contributed by atoms with van der Waals surface area (Å²) < 4.78 is 25.1. The Balaban J connectivity index is 2.01. The van der Waals surface area contributed by atoms with Crippen LogP contribution in [0.3, 0.4) is 0 Å². The number of amides is 1. The summed E-state index contributed by atoms with van der Waals surface area (Å²) in [5.74, 6) is -0.821. The van der Waals surface area contributed by atoms with Crippen LogP contribution in [0.1, 0.15) is 21.6 Å². The topological polar surface area (TPSA) is 103 Å². The summed E-state index contributed by atoms with van der Waals surface area (Å²) in [5, 5.41) is 10.1. The van der Waals surface area contributed by atoms with Crippen LogP contribution in [0.5, 0.6) is 0 Å². The number of carbonyl (C=O) groups excluding carboxylic acids is 1. The molecule has 0 saturated carbocycles. The number of halogens is 2. The molecule has 1 N–H and O–H groups in total. The Bertz CT molecular complexity index is 1220. The van der Waals surface area contributed by atoms with Gasteiger partial charge in [-0.05, 0) is 57.9 Å². The van der Waals surface area contributed by atoms with E-state index < -0.39 is 15.9 Å². The van der Waals surface area contributed by atoms with E-state index >= 15 is 0 Å². The average molecular weight is 526 g/mol. The second kappa shape index (κ2) is 9.14. The van der Waals surface area contributed by atoms with Gasteiger partial charge in [-0.2, -0.15) is 5.26 Å². The van der Waals surface area contributed by atoms with Crippen molar-refractivity contribution in [2.75, 3.05) is 11.2 Å². The molecule has 0 unspecified atom stereocenters. The first-order valence-corrected chi connectivity index (χ1v) is 12.2. The average Bonchev–Trinajstić information content (AvgIpc) is 3.08. The predicted molar refractivity (Wildman–Crippen MR) is 121 cm³/mol. The van der Waals surface area contributed by atoms with E-state index in [-0.39, 0.29) is 5.69 Å². The van der Waals surface area contributed by atoms with Crippen LogP contribution in [0.4, 0.5) is 10.8 Å². The van der Waals surface area contributed by atoms with Crippen molar-refractivity contribution in [3.63, 3.8) is 0 Å². The maximum absolute atomic E-state index is 12.3. The maximum atomic E-state index is 12.3. The van der Waals surface area contributed by atoms with Crippen molar-refractivity contribution < 1.29 is 13.2 Å². The molecule has 3 rings (SSSR count). The molecule has 11 heteroatoms. The number of rotatable bonds is 6. The maximum Gasteiger partial charge on any atom is 0.285 e. The number of benzene rings is 2. The van der Waals surface area contributed by atoms with Gasteiger partial charge < -0.3 is 4.90 Å². The molecular weight excluding hydrogens is 512 g/mol. The van der Waals surface area contributed by atoms with Crippen molar-refractivity contribution in [1.82, 2.24) is 9.71 Å². The van der Waals surface area contributed by atoms with E-state index in [0.29, 0.717) is 26.0 Å². The smallest absolute Gasteiger partial charge is 0.285 e. The summed E-state index contributed by atoms with van der Waals surface area (Å²) in [6.45, 7) is 0.413. The molecule has 0 saturated heterocycles. The summed E-state index contributed by atoms with van der Waals surface area (Å²) in [5.41, 5.74) is 2.17. The monoisotopic (exact) mass is 524 g/mol. The SMILES string of the molecule is CS(=O)(=O)NC(=O)c1nc(N(Cc2ccc(Cl)cc2)c2ccc(C#N)cc2)sc1Br. The Morgan fingerprint density at radius 2 is 1.87 bits per heavy atom. The Labute approximate surface area is 191 Å². The molecule has 7 nitrogen and oxygen atoms in total. The van der Waals surface area contributed by atoms with E-state index in [2.05, 4.69) is 27.0 Å². The minimum atomic E-state index is -3.72. The van der Waals surface area contributed by atoms with Gasteiger partial charge in [0.25, 0.3) is 5.91 Å². The zero-order valence-electron chi connectivity index (χ0n) is 15.5. The van der Waals surface area contributed by atoms with Crippen molar-refractivity contribution in [3.8, 4) is 6.07 Å². The molecule has 0 radical (unpaired) electrons. The van der Waals surface area contributed by atoms with Gasteiger partial charge in [-0.3, -0.25) is 4.79 Å². The predicted octanol–water partition coefficient (Wildman–Crippen LogP) is 4.46. The number of sulfonamides is 1. The van der Waals surface area contributed by atoms with Crippen LogP contribution in [0.25, 0.3) is 0 Å². The van der Waals surface area contributed by atoms with Crippen LogP contribution in [0.15, 0.2) is 52.3 Å². The molecule has 0 atom stereocenters. The summed E-state index contributed by atoms with van der Waals surface area (Å²) in [6.07, 6.45) is 0.898. The largest absolute Gasteiger partial charge is 0.313 e. The van der Waals surface area contributed by atoms with Crippen LogP contribution in [-0.2, 0) is 16.6 Å². The molecule has 1 amide bonds. The lowest BCUT2D eigenvalue weighted by Crippen LogP contribution is -2.30.